The average molecular weight is 397 g/mol. The van der Waals surface area contributed by atoms with Crippen molar-refractivity contribution in [3.05, 3.63) is 76.8 Å². The lowest BCUT2D eigenvalue weighted by Crippen LogP contribution is -2.33. The van der Waals surface area contributed by atoms with Crippen LogP contribution in [0.25, 0.3) is 10.8 Å². The summed E-state index contributed by atoms with van der Waals surface area (Å²) < 4.78 is 6.54. The van der Waals surface area contributed by atoms with Crippen molar-refractivity contribution in [3.8, 4) is 5.75 Å². The summed E-state index contributed by atoms with van der Waals surface area (Å²) in [6, 6.07) is 21.4. The van der Waals surface area contributed by atoms with Crippen LogP contribution in [-0.4, -0.2) is 18.2 Å². The van der Waals surface area contributed by atoms with E-state index in [1.165, 1.54) is 5.39 Å². The Labute approximate surface area is 154 Å². The molecule has 3 aromatic rings. The minimum atomic E-state index is -0.644. The van der Waals surface area contributed by atoms with Gasteiger partial charge in [0, 0.05) is 4.47 Å². The van der Waals surface area contributed by atoms with Gasteiger partial charge in [-0.1, -0.05) is 52.3 Å². The third kappa shape index (κ3) is 4.67. The van der Waals surface area contributed by atoms with Crippen LogP contribution in [0.15, 0.2) is 76.3 Å². The number of halogens is 1. The first-order valence-electron chi connectivity index (χ1n) is 7.86. The molecule has 0 bridgehead atoms. The van der Waals surface area contributed by atoms with Crippen LogP contribution < -0.4 is 10.2 Å². The number of ether oxygens (including phenoxy) is 1. The molecule has 0 heterocycles. The predicted molar refractivity (Wildman–Crippen MR) is 104 cm³/mol. The number of benzene rings is 3. The first-order chi connectivity index (χ1) is 12.1. The summed E-state index contributed by atoms with van der Waals surface area (Å²) in [5, 5.41) is 6.31. The molecule has 1 amide bonds. The normalized spacial score (nSPS) is 12.2. The first kappa shape index (κ1) is 17.2. The molecule has 5 heteroatoms. The molecule has 4 nitrogen and oxygen atoms in total. The van der Waals surface area contributed by atoms with E-state index in [4.69, 9.17) is 4.74 Å². The van der Waals surface area contributed by atoms with Crippen molar-refractivity contribution in [1.82, 2.24) is 5.43 Å². The Morgan fingerprint density at radius 1 is 1.08 bits per heavy atom. The fourth-order valence-electron chi connectivity index (χ4n) is 2.32. The van der Waals surface area contributed by atoms with Gasteiger partial charge in [0.25, 0.3) is 5.91 Å². The number of carbonyl (C=O) groups excluding carboxylic acids is 1. The van der Waals surface area contributed by atoms with Crippen LogP contribution in [0.2, 0.25) is 0 Å². The second kappa shape index (κ2) is 7.94. The van der Waals surface area contributed by atoms with Crippen molar-refractivity contribution >= 4 is 38.8 Å². The zero-order chi connectivity index (χ0) is 17.6. The summed E-state index contributed by atoms with van der Waals surface area (Å²) in [5.41, 5.74) is 3.42. The molecule has 1 atom stereocenters. The Morgan fingerprint density at radius 3 is 2.56 bits per heavy atom. The Hall–Kier alpha value is -2.66. The highest BCUT2D eigenvalue weighted by molar-refractivity contribution is 9.10. The molecule has 0 fully saturated rings. The van der Waals surface area contributed by atoms with E-state index in [1.807, 2.05) is 48.5 Å². The molecule has 126 valence electrons. The summed E-state index contributed by atoms with van der Waals surface area (Å²) in [6.07, 6.45) is 0.978. The number of hydrazone groups is 1. The van der Waals surface area contributed by atoms with Crippen LogP contribution in [-0.2, 0) is 4.79 Å². The van der Waals surface area contributed by atoms with E-state index in [0.29, 0.717) is 5.75 Å². The van der Waals surface area contributed by atoms with Crippen molar-refractivity contribution < 1.29 is 9.53 Å². The Kier molecular flexibility index (Phi) is 5.46. The van der Waals surface area contributed by atoms with E-state index in [9.17, 15) is 4.79 Å². The maximum atomic E-state index is 12.1. The maximum absolute atomic E-state index is 12.1. The molecule has 25 heavy (non-hydrogen) atoms. The van der Waals surface area contributed by atoms with Crippen molar-refractivity contribution in [2.75, 3.05) is 0 Å². The molecule has 0 saturated carbocycles. The molecule has 0 aromatic heterocycles. The Bertz CT molecular complexity index is 907. The minimum absolute atomic E-state index is 0.306. The lowest BCUT2D eigenvalue weighted by Gasteiger charge is -2.12. The van der Waals surface area contributed by atoms with Crippen LogP contribution in [0.1, 0.15) is 12.5 Å². The molecule has 0 aliphatic rings. The second-order valence-electron chi connectivity index (χ2n) is 5.55. The van der Waals surface area contributed by atoms with Gasteiger partial charge >= 0.3 is 0 Å². The van der Waals surface area contributed by atoms with Crippen molar-refractivity contribution in [2.24, 2.45) is 5.10 Å². The van der Waals surface area contributed by atoms with Gasteiger partial charge in [-0.2, -0.15) is 5.10 Å². The highest BCUT2D eigenvalue weighted by Crippen LogP contribution is 2.17. The summed E-state index contributed by atoms with van der Waals surface area (Å²) in [4.78, 5) is 12.1. The van der Waals surface area contributed by atoms with Crippen molar-refractivity contribution in [1.29, 1.82) is 0 Å². The van der Waals surface area contributed by atoms with E-state index in [-0.39, 0.29) is 5.91 Å². The number of hydrogen-bond acceptors (Lipinski definition) is 3. The standard InChI is InChI=1S/C20H17BrN2O2/c1-14(25-19-10-8-18(21)9-11-19)20(24)23-22-13-15-6-7-16-4-2-3-5-17(16)12-15/h2-14H,1H3,(H,23,24)/b22-13-/t14-/m1/s1. The third-order valence-corrected chi connectivity index (χ3v) is 4.19. The zero-order valence-corrected chi connectivity index (χ0v) is 15.2. The van der Waals surface area contributed by atoms with Crippen LogP contribution in [0, 0.1) is 0 Å². The Balaban J connectivity index is 1.58. The van der Waals surface area contributed by atoms with Crippen LogP contribution in [0.3, 0.4) is 0 Å². The molecule has 0 aliphatic carbocycles. The molecule has 0 saturated heterocycles. The second-order valence-corrected chi connectivity index (χ2v) is 6.47. The molecule has 0 unspecified atom stereocenters. The number of amides is 1. The van der Waals surface area contributed by atoms with Gasteiger partial charge in [-0.05, 0) is 53.6 Å². The lowest BCUT2D eigenvalue weighted by atomic mass is 10.1. The quantitative estimate of drug-likeness (QED) is 0.509. The van der Waals surface area contributed by atoms with Gasteiger partial charge in [-0.15, -0.1) is 0 Å². The van der Waals surface area contributed by atoms with Crippen LogP contribution in [0.4, 0.5) is 0 Å². The highest BCUT2D eigenvalue weighted by atomic mass is 79.9. The molecular weight excluding hydrogens is 380 g/mol. The minimum Gasteiger partial charge on any atom is -0.481 e. The van der Waals surface area contributed by atoms with Crippen molar-refractivity contribution in [2.45, 2.75) is 13.0 Å². The van der Waals surface area contributed by atoms with Gasteiger partial charge in [0.05, 0.1) is 6.21 Å². The molecule has 0 radical (unpaired) electrons. The SMILES string of the molecule is C[C@@H](Oc1ccc(Br)cc1)C(=O)N/N=C\c1ccc2ccccc2c1. The molecule has 1 N–H and O–H groups in total. The van der Waals surface area contributed by atoms with E-state index < -0.39 is 6.10 Å². The van der Waals surface area contributed by atoms with Crippen molar-refractivity contribution in [3.63, 3.8) is 0 Å². The molecular formula is C20H17BrN2O2. The number of nitrogens with one attached hydrogen (secondary N) is 1. The monoisotopic (exact) mass is 396 g/mol. The number of rotatable bonds is 5. The van der Waals surface area contributed by atoms with Crippen LogP contribution >= 0.6 is 15.9 Å². The topological polar surface area (TPSA) is 50.7 Å². The van der Waals surface area contributed by atoms with E-state index in [2.05, 4.69) is 32.5 Å². The Morgan fingerprint density at radius 2 is 1.80 bits per heavy atom. The summed E-state index contributed by atoms with van der Waals surface area (Å²) in [7, 11) is 0. The molecule has 3 rings (SSSR count). The number of carbonyl (C=O) groups is 1. The predicted octanol–water partition coefficient (Wildman–Crippen LogP) is 4.52. The van der Waals surface area contributed by atoms with E-state index in [0.717, 1.165) is 15.4 Å². The van der Waals surface area contributed by atoms with Gasteiger partial charge in [-0.25, -0.2) is 5.43 Å². The van der Waals surface area contributed by atoms with E-state index >= 15 is 0 Å². The maximum Gasteiger partial charge on any atom is 0.280 e. The number of fused-ring (bicyclic) bond motifs is 1. The zero-order valence-electron chi connectivity index (χ0n) is 13.6. The van der Waals surface area contributed by atoms with Gasteiger partial charge < -0.3 is 4.74 Å². The fourth-order valence-corrected chi connectivity index (χ4v) is 2.58. The molecule has 0 spiro atoms. The number of nitrogens with zero attached hydrogens (tertiary/aromatic N) is 1. The van der Waals surface area contributed by atoms with Gasteiger partial charge in [0.15, 0.2) is 6.10 Å². The third-order valence-electron chi connectivity index (χ3n) is 3.66. The largest absolute Gasteiger partial charge is 0.481 e. The van der Waals surface area contributed by atoms with Gasteiger partial charge in [0.1, 0.15) is 5.75 Å². The van der Waals surface area contributed by atoms with Gasteiger partial charge in [0.2, 0.25) is 0 Å². The molecule has 3 aromatic carbocycles. The summed E-state index contributed by atoms with van der Waals surface area (Å²) >= 11 is 3.36. The summed E-state index contributed by atoms with van der Waals surface area (Å²) in [5.74, 6) is 0.323. The summed E-state index contributed by atoms with van der Waals surface area (Å²) in [6.45, 7) is 1.68. The lowest BCUT2D eigenvalue weighted by molar-refractivity contribution is -0.127. The molecule has 0 aliphatic heterocycles. The average Bonchev–Trinajstić information content (AvgIpc) is 2.63. The van der Waals surface area contributed by atoms with E-state index in [1.54, 1.807) is 25.3 Å². The fraction of sp³-hybridized carbons (Fsp3) is 0.100. The first-order valence-corrected chi connectivity index (χ1v) is 8.65. The smallest absolute Gasteiger partial charge is 0.280 e. The van der Waals surface area contributed by atoms with Gasteiger partial charge in [-0.3, -0.25) is 4.79 Å². The highest BCUT2D eigenvalue weighted by Gasteiger charge is 2.13. The van der Waals surface area contributed by atoms with Crippen LogP contribution in [0.5, 0.6) is 5.75 Å². The number of hydrogen-bond donors (Lipinski definition) is 1.